The van der Waals surface area contributed by atoms with Gasteiger partial charge in [0.25, 0.3) is 5.69 Å². The van der Waals surface area contributed by atoms with Gasteiger partial charge in [0.2, 0.25) is 5.91 Å². The Morgan fingerprint density at radius 3 is 2.68 bits per heavy atom. The summed E-state index contributed by atoms with van der Waals surface area (Å²) in [5.41, 5.74) is 1.82. The Morgan fingerprint density at radius 2 is 2.03 bits per heavy atom. The lowest BCUT2D eigenvalue weighted by molar-refractivity contribution is -0.384. The third kappa shape index (κ3) is 5.43. The number of thioether (sulfide) groups is 1. The van der Waals surface area contributed by atoms with Crippen LogP contribution in [0.2, 0.25) is 10.0 Å². The van der Waals surface area contributed by atoms with E-state index >= 15 is 0 Å². The van der Waals surface area contributed by atoms with Crippen LogP contribution < -0.4 is 5.32 Å². The van der Waals surface area contributed by atoms with Crippen molar-refractivity contribution in [3.8, 4) is 11.4 Å². The number of aryl methyl sites for hydroxylation is 1. The van der Waals surface area contributed by atoms with Gasteiger partial charge in [0, 0.05) is 29.9 Å². The second-order valence-electron chi connectivity index (χ2n) is 6.43. The summed E-state index contributed by atoms with van der Waals surface area (Å²) >= 11 is 13.3. The minimum atomic E-state index is -0.480. The molecule has 0 saturated heterocycles. The molecule has 0 fully saturated rings. The first kappa shape index (κ1) is 22.8. The lowest BCUT2D eigenvalue weighted by Gasteiger charge is -2.10. The molecule has 0 bridgehead atoms. The molecule has 0 aliphatic carbocycles. The molecule has 0 saturated carbocycles. The Labute approximate surface area is 192 Å². The largest absolute Gasteiger partial charge is 0.325 e. The minimum absolute atomic E-state index is 0.0303. The lowest BCUT2D eigenvalue weighted by Crippen LogP contribution is -2.15. The fourth-order valence-corrected chi connectivity index (χ4v) is 3.80. The predicted molar refractivity (Wildman–Crippen MR) is 123 cm³/mol. The highest BCUT2D eigenvalue weighted by Gasteiger charge is 2.16. The average molecular weight is 478 g/mol. The number of carbonyl (C=O) groups excluding carboxylic acids is 1. The van der Waals surface area contributed by atoms with Gasteiger partial charge in [-0.1, -0.05) is 41.0 Å². The highest BCUT2D eigenvalue weighted by atomic mass is 35.5. The van der Waals surface area contributed by atoms with Gasteiger partial charge >= 0.3 is 0 Å². The number of allylic oxidation sites excluding steroid dienone is 1. The maximum atomic E-state index is 12.4. The van der Waals surface area contributed by atoms with Crippen LogP contribution in [0.15, 0.2) is 54.2 Å². The van der Waals surface area contributed by atoms with E-state index in [0.29, 0.717) is 38.8 Å². The molecule has 2 aromatic carbocycles. The van der Waals surface area contributed by atoms with E-state index in [1.54, 1.807) is 31.2 Å². The Morgan fingerprint density at radius 1 is 1.26 bits per heavy atom. The Hall–Kier alpha value is -2.88. The van der Waals surface area contributed by atoms with Gasteiger partial charge in [-0.05, 0) is 36.8 Å². The minimum Gasteiger partial charge on any atom is -0.325 e. The molecule has 1 N–H and O–H groups in total. The second kappa shape index (κ2) is 9.95. The van der Waals surface area contributed by atoms with Gasteiger partial charge in [0.05, 0.1) is 20.7 Å². The van der Waals surface area contributed by atoms with Crippen LogP contribution in [0.1, 0.15) is 5.56 Å². The van der Waals surface area contributed by atoms with Crippen molar-refractivity contribution in [1.29, 1.82) is 0 Å². The van der Waals surface area contributed by atoms with Gasteiger partial charge in [-0.15, -0.1) is 16.8 Å². The number of hydrogen-bond donors (Lipinski definition) is 1. The fraction of sp³-hybridized carbons (Fsp3) is 0.150. The number of carbonyl (C=O) groups is 1. The Kier molecular flexibility index (Phi) is 7.32. The summed E-state index contributed by atoms with van der Waals surface area (Å²) in [5, 5.41) is 23.4. The fourth-order valence-electron chi connectivity index (χ4n) is 2.76. The van der Waals surface area contributed by atoms with Crippen LogP contribution >= 0.6 is 35.0 Å². The standard InChI is InChI=1S/C20H17Cl2N5O3S/c1-3-8-26-19(13-4-6-15(21)16(22)10-13)24-25-20(26)31-11-18(28)23-17-7-5-14(27(29)30)9-12(17)2/h3-7,9-10H,1,8,11H2,2H3,(H,23,28). The molecule has 3 aromatic rings. The van der Waals surface area contributed by atoms with Crippen molar-refractivity contribution in [2.75, 3.05) is 11.1 Å². The third-order valence-electron chi connectivity index (χ3n) is 4.23. The average Bonchev–Trinajstić information content (AvgIpc) is 3.13. The van der Waals surface area contributed by atoms with Crippen molar-refractivity contribution in [3.05, 3.63) is 74.8 Å². The molecule has 0 spiro atoms. The summed E-state index contributed by atoms with van der Waals surface area (Å²) < 4.78 is 1.82. The Balaban J connectivity index is 1.73. The topological polar surface area (TPSA) is 103 Å². The first-order valence-corrected chi connectivity index (χ1v) is 10.7. The van der Waals surface area contributed by atoms with Gasteiger partial charge in [0.15, 0.2) is 11.0 Å². The number of hydrogen-bond acceptors (Lipinski definition) is 6. The van der Waals surface area contributed by atoms with E-state index in [4.69, 9.17) is 23.2 Å². The zero-order valence-electron chi connectivity index (χ0n) is 16.3. The summed E-state index contributed by atoms with van der Waals surface area (Å²) in [6.07, 6.45) is 1.70. The van der Waals surface area contributed by atoms with Gasteiger partial charge in [-0.2, -0.15) is 0 Å². The van der Waals surface area contributed by atoms with Crippen molar-refractivity contribution < 1.29 is 9.72 Å². The molecule has 8 nitrogen and oxygen atoms in total. The number of benzene rings is 2. The van der Waals surface area contributed by atoms with Crippen LogP contribution in [0.25, 0.3) is 11.4 Å². The van der Waals surface area contributed by atoms with E-state index in [-0.39, 0.29) is 17.3 Å². The SMILES string of the molecule is C=CCn1c(SCC(=O)Nc2ccc([N+](=O)[O-])cc2C)nnc1-c1ccc(Cl)c(Cl)c1. The number of nitro groups is 1. The molecule has 3 rings (SSSR count). The zero-order chi connectivity index (χ0) is 22.5. The Bertz CT molecular complexity index is 1170. The quantitative estimate of drug-likeness (QED) is 0.202. The van der Waals surface area contributed by atoms with Crippen LogP contribution in [0.5, 0.6) is 0 Å². The number of non-ortho nitro benzene ring substituents is 1. The molecule has 0 unspecified atom stereocenters. The van der Waals surface area contributed by atoms with Crippen molar-refractivity contribution in [2.45, 2.75) is 18.6 Å². The van der Waals surface area contributed by atoms with E-state index < -0.39 is 4.92 Å². The number of anilines is 1. The van der Waals surface area contributed by atoms with Crippen LogP contribution in [-0.4, -0.2) is 31.3 Å². The van der Waals surface area contributed by atoms with Crippen molar-refractivity contribution in [1.82, 2.24) is 14.8 Å². The summed E-state index contributed by atoms with van der Waals surface area (Å²) in [7, 11) is 0. The molecule has 31 heavy (non-hydrogen) atoms. The van der Waals surface area contributed by atoms with Crippen LogP contribution in [-0.2, 0) is 11.3 Å². The number of halogens is 2. The predicted octanol–water partition coefficient (Wildman–Crippen LogP) is 5.39. The molecule has 0 aliphatic rings. The molecule has 0 radical (unpaired) electrons. The lowest BCUT2D eigenvalue weighted by atomic mass is 10.2. The second-order valence-corrected chi connectivity index (χ2v) is 8.18. The molecule has 1 heterocycles. The number of nitrogens with one attached hydrogen (secondary N) is 1. The molecule has 1 aromatic heterocycles. The third-order valence-corrected chi connectivity index (χ3v) is 5.94. The molecular formula is C20H17Cl2N5O3S. The summed E-state index contributed by atoms with van der Waals surface area (Å²) in [4.78, 5) is 22.8. The molecule has 0 aliphatic heterocycles. The first-order chi connectivity index (χ1) is 14.8. The number of aromatic nitrogens is 3. The number of nitro benzene ring substituents is 1. The van der Waals surface area contributed by atoms with E-state index in [2.05, 4.69) is 22.1 Å². The van der Waals surface area contributed by atoms with Crippen molar-refractivity contribution in [2.24, 2.45) is 0 Å². The van der Waals surface area contributed by atoms with Gasteiger partial charge in [0.1, 0.15) is 0 Å². The number of amides is 1. The van der Waals surface area contributed by atoms with Gasteiger partial charge < -0.3 is 5.32 Å². The smallest absolute Gasteiger partial charge is 0.269 e. The molecular weight excluding hydrogens is 461 g/mol. The summed E-state index contributed by atoms with van der Waals surface area (Å²) in [5.74, 6) is 0.381. The summed E-state index contributed by atoms with van der Waals surface area (Å²) in [6.45, 7) is 5.90. The highest BCUT2D eigenvalue weighted by molar-refractivity contribution is 7.99. The van der Waals surface area contributed by atoms with E-state index in [1.165, 1.54) is 30.0 Å². The van der Waals surface area contributed by atoms with Crippen molar-refractivity contribution in [3.63, 3.8) is 0 Å². The van der Waals surface area contributed by atoms with E-state index in [1.807, 2.05) is 4.57 Å². The van der Waals surface area contributed by atoms with Gasteiger partial charge in [-0.25, -0.2) is 0 Å². The maximum absolute atomic E-state index is 12.4. The number of rotatable bonds is 8. The molecule has 1 amide bonds. The molecule has 11 heteroatoms. The summed E-state index contributed by atoms with van der Waals surface area (Å²) in [6, 6.07) is 9.44. The van der Waals surface area contributed by atoms with Gasteiger partial charge in [-0.3, -0.25) is 19.5 Å². The highest BCUT2D eigenvalue weighted by Crippen LogP contribution is 2.30. The monoisotopic (exact) mass is 477 g/mol. The molecule has 0 atom stereocenters. The first-order valence-electron chi connectivity index (χ1n) is 8.97. The van der Waals surface area contributed by atoms with Crippen LogP contribution in [0, 0.1) is 17.0 Å². The van der Waals surface area contributed by atoms with Crippen molar-refractivity contribution >= 4 is 52.2 Å². The van der Waals surface area contributed by atoms with E-state index in [0.717, 1.165) is 5.56 Å². The maximum Gasteiger partial charge on any atom is 0.269 e. The van der Waals surface area contributed by atoms with E-state index in [9.17, 15) is 14.9 Å². The normalized spacial score (nSPS) is 10.7. The number of nitrogens with zero attached hydrogens (tertiary/aromatic N) is 4. The molecule has 160 valence electrons. The van der Waals surface area contributed by atoms with Crippen LogP contribution in [0.4, 0.5) is 11.4 Å². The zero-order valence-corrected chi connectivity index (χ0v) is 18.7. The van der Waals surface area contributed by atoms with Crippen LogP contribution in [0.3, 0.4) is 0 Å².